The van der Waals surface area contributed by atoms with E-state index in [1.165, 1.54) is 0 Å². The van der Waals surface area contributed by atoms with Crippen molar-refractivity contribution >= 4 is 0 Å². The average molecular weight is 280 g/mol. The molecule has 20 heavy (non-hydrogen) atoms. The summed E-state index contributed by atoms with van der Waals surface area (Å²) in [6.07, 6.45) is -1.51. The van der Waals surface area contributed by atoms with Crippen molar-refractivity contribution in [3.8, 4) is 0 Å². The highest BCUT2D eigenvalue weighted by molar-refractivity contribution is 5.13. The molecule has 0 aromatic heterocycles. The third-order valence-electron chi connectivity index (χ3n) is 3.55. The van der Waals surface area contributed by atoms with E-state index in [1.54, 1.807) is 0 Å². The fourth-order valence-corrected chi connectivity index (χ4v) is 2.66. The molecule has 1 aromatic rings. The summed E-state index contributed by atoms with van der Waals surface area (Å²) in [4.78, 5) is 0. The first-order valence-corrected chi connectivity index (χ1v) is 6.86. The van der Waals surface area contributed by atoms with Gasteiger partial charge in [-0.05, 0) is 19.4 Å². The predicted octanol–water partition coefficient (Wildman–Crippen LogP) is 1.44. The van der Waals surface area contributed by atoms with Gasteiger partial charge >= 0.3 is 0 Å². The lowest BCUT2D eigenvalue weighted by Crippen LogP contribution is -2.38. The molecule has 0 amide bonds. The van der Waals surface area contributed by atoms with E-state index in [9.17, 15) is 5.11 Å². The van der Waals surface area contributed by atoms with Gasteiger partial charge in [-0.25, -0.2) is 0 Å². The van der Waals surface area contributed by atoms with Gasteiger partial charge in [-0.3, -0.25) is 0 Å². The first kappa shape index (κ1) is 14.0. The minimum Gasteiger partial charge on any atom is -0.394 e. The highest BCUT2D eigenvalue weighted by atomic mass is 16.8. The van der Waals surface area contributed by atoms with Crippen LogP contribution in [-0.4, -0.2) is 42.1 Å². The van der Waals surface area contributed by atoms with Crippen LogP contribution < -0.4 is 0 Å². The third-order valence-corrected chi connectivity index (χ3v) is 3.55. The van der Waals surface area contributed by atoms with Crippen LogP contribution in [-0.2, 0) is 25.6 Å². The Labute approximate surface area is 118 Å². The first-order valence-electron chi connectivity index (χ1n) is 6.86. The quantitative estimate of drug-likeness (QED) is 0.904. The van der Waals surface area contributed by atoms with Crippen molar-refractivity contribution < 1.29 is 24.1 Å². The molecule has 0 bridgehead atoms. The van der Waals surface area contributed by atoms with Gasteiger partial charge in [0, 0.05) is 0 Å². The second kappa shape index (κ2) is 5.42. The molecule has 0 spiro atoms. The molecule has 2 saturated heterocycles. The van der Waals surface area contributed by atoms with Crippen LogP contribution in [0.5, 0.6) is 0 Å². The van der Waals surface area contributed by atoms with Gasteiger partial charge in [0.25, 0.3) is 0 Å². The zero-order valence-corrected chi connectivity index (χ0v) is 11.7. The van der Waals surface area contributed by atoms with E-state index >= 15 is 0 Å². The van der Waals surface area contributed by atoms with Crippen molar-refractivity contribution in [3.63, 3.8) is 0 Å². The number of ether oxygens (including phenoxy) is 4. The van der Waals surface area contributed by atoms with Gasteiger partial charge in [-0.15, -0.1) is 0 Å². The smallest absolute Gasteiger partial charge is 0.190 e. The van der Waals surface area contributed by atoms with E-state index in [-0.39, 0.29) is 18.8 Å². The largest absolute Gasteiger partial charge is 0.394 e. The molecule has 0 radical (unpaired) electrons. The Morgan fingerprint density at radius 2 is 1.95 bits per heavy atom. The summed E-state index contributed by atoms with van der Waals surface area (Å²) in [5, 5.41) is 9.40. The number of aliphatic hydroxyl groups excluding tert-OH is 1. The number of hydrogen-bond donors (Lipinski definition) is 1. The molecule has 3 rings (SSSR count). The van der Waals surface area contributed by atoms with Crippen molar-refractivity contribution in [1.29, 1.82) is 0 Å². The van der Waals surface area contributed by atoms with Gasteiger partial charge in [-0.1, -0.05) is 30.3 Å². The van der Waals surface area contributed by atoms with Gasteiger partial charge in [-0.2, -0.15) is 0 Å². The first-order chi connectivity index (χ1) is 9.59. The maximum atomic E-state index is 9.40. The van der Waals surface area contributed by atoms with Gasteiger partial charge in [0.1, 0.15) is 18.3 Å². The van der Waals surface area contributed by atoms with E-state index < -0.39 is 18.2 Å². The van der Waals surface area contributed by atoms with E-state index in [0.717, 1.165) is 5.56 Å². The Hall–Kier alpha value is -0.980. The van der Waals surface area contributed by atoms with Gasteiger partial charge in [0.2, 0.25) is 0 Å². The molecule has 0 aliphatic carbocycles. The summed E-state index contributed by atoms with van der Waals surface area (Å²) < 4.78 is 23.0. The topological polar surface area (TPSA) is 57.2 Å². The van der Waals surface area contributed by atoms with E-state index in [1.807, 2.05) is 44.2 Å². The number of benzene rings is 1. The molecule has 2 aliphatic rings. The SMILES string of the molecule is CC1(C)O[C@@H]2O[C@@H](CO)[C@H](OCc3ccccc3)[C@@H]2O1. The standard InChI is InChI=1S/C15H20O5/c1-15(2)19-13-12(11(8-16)18-14(13)20-15)17-9-10-6-4-3-5-7-10/h3-7,11-14,16H,8-9H2,1-2H3/t11-,12-,13-,14-/m0/s1. The van der Waals surface area contributed by atoms with Crippen molar-refractivity contribution in [2.45, 2.75) is 50.8 Å². The molecule has 1 N–H and O–H groups in total. The van der Waals surface area contributed by atoms with Gasteiger partial charge < -0.3 is 24.1 Å². The van der Waals surface area contributed by atoms with E-state index in [4.69, 9.17) is 18.9 Å². The van der Waals surface area contributed by atoms with Crippen LogP contribution in [0.4, 0.5) is 0 Å². The summed E-state index contributed by atoms with van der Waals surface area (Å²) >= 11 is 0. The number of aliphatic hydroxyl groups is 1. The zero-order valence-electron chi connectivity index (χ0n) is 11.7. The minimum absolute atomic E-state index is 0.112. The predicted molar refractivity (Wildman–Crippen MR) is 70.8 cm³/mol. The Balaban J connectivity index is 1.67. The Morgan fingerprint density at radius 3 is 2.65 bits per heavy atom. The van der Waals surface area contributed by atoms with Crippen molar-refractivity contribution in [2.75, 3.05) is 6.61 Å². The van der Waals surface area contributed by atoms with E-state index in [0.29, 0.717) is 6.61 Å². The molecular formula is C15H20O5. The van der Waals surface area contributed by atoms with E-state index in [2.05, 4.69) is 0 Å². The maximum absolute atomic E-state index is 9.40. The molecule has 0 unspecified atom stereocenters. The summed E-state index contributed by atoms with van der Waals surface area (Å²) in [6.45, 7) is 4.03. The number of fused-ring (bicyclic) bond motifs is 1. The Morgan fingerprint density at radius 1 is 1.20 bits per heavy atom. The molecule has 110 valence electrons. The normalized spacial score (nSPS) is 35.1. The summed E-state index contributed by atoms with van der Waals surface area (Å²) in [6, 6.07) is 9.89. The molecule has 2 fully saturated rings. The summed E-state index contributed by atoms with van der Waals surface area (Å²) in [5.41, 5.74) is 1.07. The van der Waals surface area contributed by atoms with Crippen LogP contribution in [0.1, 0.15) is 19.4 Å². The molecule has 4 atom stereocenters. The van der Waals surface area contributed by atoms with Crippen LogP contribution in [0, 0.1) is 0 Å². The molecule has 5 heteroatoms. The molecule has 2 aliphatic heterocycles. The highest BCUT2D eigenvalue weighted by Gasteiger charge is 2.55. The Kier molecular flexibility index (Phi) is 3.79. The number of rotatable bonds is 4. The molecule has 2 heterocycles. The second-order valence-electron chi connectivity index (χ2n) is 5.59. The molecule has 5 nitrogen and oxygen atoms in total. The zero-order chi connectivity index (χ0) is 14.2. The monoisotopic (exact) mass is 280 g/mol. The molecule has 0 saturated carbocycles. The molecular weight excluding hydrogens is 260 g/mol. The Bertz CT molecular complexity index is 447. The molecule has 1 aromatic carbocycles. The minimum atomic E-state index is -0.676. The van der Waals surface area contributed by atoms with Crippen LogP contribution in [0.2, 0.25) is 0 Å². The average Bonchev–Trinajstić information content (AvgIpc) is 2.89. The highest BCUT2D eigenvalue weighted by Crippen LogP contribution is 2.38. The maximum Gasteiger partial charge on any atom is 0.190 e. The van der Waals surface area contributed by atoms with Crippen LogP contribution >= 0.6 is 0 Å². The number of hydrogen-bond acceptors (Lipinski definition) is 5. The fourth-order valence-electron chi connectivity index (χ4n) is 2.66. The van der Waals surface area contributed by atoms with Crippen LogP contribution in [0.15, 0.2) is 30.3 Å². The van der Waals surface area contributed by atoms with Crippen molar-refractivity contribution in [1.82, 2.24) is 0 Å². The fraction of sp³-hybridized carbons (Fsp3) is 0.600. The lowest BCUT2D eigenvalue weighted by Gasteiger charge is -2.25. The van der Waals surface area contributed by atoms with Crippen LogP contribution in [0.25, 0.3) is 0 Å². The summed E-state index contributed by atoms with van der Waals surface area (Å²) in [5.74, 6) is -0.676. The third kappa shape index (κ3) is 2.73. The van der Waals surface area contributed by atoms with Crippen LogP contribution in [0.3, 0.4) is 0 Å². The van der Waals surface area contributed by atoms with Crippen molar-refractivity contribution in [2.24, 2.45) is 0 Å². The van der Waals surface area contributed by atoms with Gasteiger partial charge in [0.15, 0.2) is 12.1 Å². The second-order valence-corrected chi connectivity index (χ2v) is 5.59. The van der Waals surface area contributed by atoms with Gasteiger partial charge in [0.05, 0.1) is 13.2 Å². The lowest BCUT2D eigenvalue weighted by molar-refractivity contribution is -0.222. The van der Waals surface area contributed by atoms with Crippen molar-refractivity contribution in [3.05, 3.63) is 35.9 Å². The summed E-state index contributed by atoms with van der Waals surface area (Å²) in [7, 11) is 0. The lowest BCUT2D eigenvalue weighted by atomic mass is 10.1.